The highest BCUT2D eigenvalue weighted by atomic mass is 16.5. The highest BCUT2D eigenvalue weighted by Crippen LogP contribution is 2.37. The zero-order valence-corrected chi connectivity index (χ0v) is 17.7. The van der Waals surface area contributed by atoms with Crippen LogP contribution in [-0.4, -0.2) is 36.4 Å². The molecule has 1 aliphatic rings. The molecular formula is C24H26N2O5. The van der Waals surface area contributed by atoms with Crippen molar-refractivity contribution in [2.24, 2.45) is 0 Å². The van der Waals surface area contributed by atoms with Crippen LogP contribution in [0.15, 0.2) is 48.7 Å². The molecule has 1 fully saturated rings. The molecule has 1 N–H and O–H groups in total. The summed E-state index contributed by atoms with van der Waals surface area (Å²) in [7, 11) is 3.17. The van der Waals surface area contributed by atoms with Gasteiger partial charge in [0.25, 0.3) is 0 Å². The van der Waals surface area contributed by atoms with E-state index >= 15 is 0 Å². The molecule has 0 saturated heterocycles. The lowest BCUT2D eigenvalue weighted by Crippen LogP contribution is -2.40. The molecule has 7 heteroatoms. The van der Waals surface area contributed by atoms with Crippen LogP contribution in [0.2, 0.25) is 0 Å². The van der Waals surface area contributed by atoms with Gasteiger partial charge >= 0.3 is 6.09 Å². The molecular weight excluding hydrogens is 396 g/mol. The average molecular weight is 422 g/mol. The fourth-order valence-corrected chi connectivity index (χ4v) is 4.15. The molecule has 0 bridgehead atoms. The summed E-state index contributed by atoms with van der Waals surface area (Å²) in [6.07, 6.45) is 5.87. The van der Waals surface area contributed by atoms with E-state index in [1.165, 1.54) is 11.3 Å². The Bertz CT molecular complexity index is 1060. The second-order valence-corrected chi connectivity index (χ2v) is 7.57. The largest absolute Gasteiger partial charge is 0.493 e. The molecule has 2 aromatic carbocycles. The molecule has 1 saturated carbocycles. The minimum Gasteiger partial charge on any atom is -0.493 e. The van der Waals surface area contributed by atoms with Gasteiger partial charge in [-0.3, -0.25) is 9.88 Å². The van der Waals surface area contributed by atoms with Crippen molar-refractivity contribution in [1.29, 1.82) is 0 Å². The number of fused-ring (bicyclic) bond motifs is 1. The summed E-state index contributed by atoms with van der Waals surface area (Å²) in [4.78, 5) is 17.8. The first kappa shape index (κ1) is 20.8. The van der Waals surface area contributed by atoms with E-state index in [4.69, 9.17) is 14.2 Å². The summed E-state index contributed by atoms with van der Waals surface area (Å²) in [5.74, 6) is 2.43. The topological polar surface area (TPSA) is 81.1 Å². The van der Waals surface area contributed by atoms with Crippen LogP contribution in [-0.2, 0) is 0 Å². The third kappa shape index (κ3) is 4.35. The standard InChI is InChI=1S/C24H26N2O5/c1-29-22-14-19-20(15-23(22)30-2)25-13-12-21(19)31-18-10-8-17(9-11-18)26(24(27)28)16-6-4-3-5-7-16/h8-16H,3-7H2,1-2H3,(H,27,28). The van der Waals surface area contributed by atoms with Gasteiger partial charge in [0.1, 0.15) is 11.5 Å². The Morgan fingerprint density at radius 3 is 2.29 bits per heavy atom. The predicted octanol–water partition coefficient (Wildman–Crippen LogP) is 5.86. The Kier molecular flexibility index (Phi) is 6.11. The Balaban J connectivity index is 1.60. The smallest absolute Gasteiger partial charge is 0.412 e. The second kappa shape index (κ2) is 9.12. The Morgan fingerprint density at radius 1 is 0.968 bits per heavy atom. The molecule has 1 amide bonds. The van der Waals surface area contributed by atoms with Crippen molar-refractivity contribution in [3.63, 3.8) is 0 Å². The van der Waals surface area contributed by atoms with Crippen molar-refractivity contribution in [2.45, 2.75) is 38.1 Å². The van der Waals surface area contributed by atoms with Crippen molar-refractivity contribution in [2.75, 3.05) is 19.1 Å². The van der Waals surface area contributed by atoms with Gasteiger partial charge in [-0.25, -0.2) is 4.79 Å². The van der Waals surface area contributed by atoms with Crippen molar-refractivity contribution < 1.29 is 24.1 Å². The lowest BCUT2D eigenvalue weighted by atomic mass is 9.94. The highest BCUT2D eigenvalue weighted by molar-refractivity contribution is 5.89. The first-order valence-corrected chi connectivity index (χ1v) is 10.4. The van der Waals surface area contributed by atoms with Gasteiger partial charge in [0, 0.05) is 29.4 Å². The van der Waals surface area contributed by atoms with Crippen LogP contribution in [0.25, 0.3) is 10.9 Å². The molecule has 1 aromatic heterocycles. The summed E-state index contributed by atoms with van der Waals surface area (Å²) in [6.45, 7) is 0. The number of pyridine rings is 1. The SMILES string of the molecule is COc1cc2nccc(Oc3ccc(N(C(=O)O)C4CCCCC4)cc3)c2cc1OC. The molecule has 0 radical (unpaired) electrons. The molecule has 1 heterocycles. The lowest BCUT2D eigenvalue weighted by molar-refractivity contribution is 0.196. The maximum atomic E-state index is 11.9. The summed E-state index contributed by atoms with van der Waals surface area (Å²) in [6, 6.07) is 12.6. The Labute approximate surface area is 181 Å². The zero-order valence-electron chi connectivity index (χ0n) is 17.7. The van der Waals surface area contributed by atoms with Gasteiger partial charge in [0.15, 0.2) is 11.5 Å². The normalized spacial score (nSPS) is 14.3. The van der Waals surface area contributed by atoms with E-state index in [2.05, 4.69) is 4.98 Å². The van der Waals surface area contributed by atoms with E-state index in [0.717, 1.165) is 36.6 Å². The van der Waals surface area contributed by atoms with Crippen LogP contribution in [0, 0.1) is 0 Å². The molecule has 0 spiro atoms. The van der Waals surface area contributed by atoms with Crippen molar-refractivity contribution in [1.82, 2.24) is 4.98 Å². The maximum Gasteiger partial charge on any atom is 0.412 e. The van der Waals surface area contributed by atoms with E-state index < -0.39 is 6.09 Å². The number of anilines is 1. The molecule has 0 aliphatic heterocycles. The number of hydrogen-bond acceptors (Lipinski definition) is 5. The number of rotatable bonds is 6. The van der Waals surface area contributed by atoms with Gasteiger partial charge < -0.3 is 19.3 Å². The molecule has 0 atom stereocenters. The number of ether oxygens (including phenoxy) is 3. The number of nitrogens with zero attached hydrogens (tertiary/aromatic N) is 2. The fourth-order valence-electron chi connectivity index (χ4n) is 4.15. The van der Waals surface area contributed by atoms with Crippen LogP contribution in [0.4, 0.5) is 10.5 Å². The number of carboxylic acid groups (broad SMARTS) is 1. The summed E-state index contributed by atoms with van der Waals surface area (Å²) in [5.41, 5.74) is 1.39. The number of methoxy groups -OCH3 is 2. The molecule has 0 unspecified atom stereocenters. The number of hydrogen-bond donors (Lipinski definition) is 1. The minimum absolute atomic E-state index is 0.0320. The minimum atomic E-state index is -0.915. The summed E-state index contributed by atoms with van der Waals surface area (Å²) >= 11 is 0. The van der Waals surface area contributed by atoms with E-state index in [9.17, 15) is 9.90 Å². The number of aromatic nitrogens is 1. The van der Waals surface area contributed by atoms with Crippen LogP contribution in [0.1, 0.15) is 32.1 Å². The molecule has 162 valence electrons. The predicted molar refractivity (Wildman–Crippen MR) is 119 cm³/mol. The van der Waals surface area contributed by atoms with E-state index in [1.54, 1.807) is 56.8 Å². The van der Waals surface area contributed by atoms with Gasteiger partial charge in [0.2, 0.25) is 0 Å². The average Bonchev–Trinajstić information content (AvgIpc) is 2.80. The zero-order chi connectivity index (χ0) is 21.8. The van der Waals surface area contributed by atoms with E-state index in [-0.39, 0.29) is 6.04 Å². The number of carbonyl (C=O) groups is 1. The number of amides is 1. The van der Waals surface area contributed by atoms with Gasteiger partial charge in [-0.2, -0.15) is 0 Å². The van der Waals surface area contributed by atoms with Crippen LogP contribution in [0.3, 0.4) is 0 Å². The summed E-state index contributed by atoms with van der Waals surface area (Å²) in [5, 5.41) is 10.5. The highest BCUT2D eigenvalue weighted by Gasteiger charge is 2.26. The summed E-state index contributed by atoms with van der Waals surface area (Å²) < 4.78 is 16.9. The van der Waals surface area contributed by atoms with Gasteiger partial charge in [-0.15, -0.1) is 0 Å². The van der Waals surface area contributed by atoms with Crippen LogP contribution < -0.4 is 19.1 Å². The molecule has 4 rings (SSSR count). The molecule has 3 aromatic rings. The maximum absolute atomic E-state index is 11.9. The molecule has 1 aliphatic carbocycles. The van der Waals surface area contributed by atoms with Crippen molar-refractivity contribution in [3.8, 4) is 23.0 Å². The lowest BCUT2D eigenvalue weighted by Gasteiger charge is -2.32. The van der Waals surface area contributed by atoms with Gasteiger partial charge in [-0.05, 0) is 49.2 Å². The Hall–Kier alpha value is -3.48. The first-order valence-electron chi connectivity index (χ1n) is 10.4. The molecule has 31 heavy (non-hydrogen) atoms. The first-order chi connectivity index (χ1) is 15.1. The fraction of sp³-hybridized carbons (Fsp3) is 0.333. The van der Waals surface area contributed by atoms with E-state index in [1.807, 2.05) is 6.07 Å². The van der Waals surface area contributed by atoms with Crippen LogP contribution in [0.5, 0.6) is 23.0 Å². The van der Waals surface area contributed by atoms with E-state index in [0.29, 0.717) is 28.7 Å². The van der Waals surface area contributed by atoms with Gasteiger partial charge in [0.05, 0.1) is 19.7 Å². The monoisotopic (exact) mass is 422 g/mol. The second-order valence-electron chi connectivity index (χ2n) is 7.57. The van der Waals surface area contributed by atoms with Gasteiger partial charge in [-0.1, -0.05) is 19.3 Å². The third-order valence-electron chi connectivity index (χ3n) is 5.70. The van der Waals surface area contributed by atoms with Crippen molar-refractivity contribution in [3.05, 3.63) is 48.7 Å². The molecule has 7 nitrogen and oxygen atoms in total. The Morgan fingerprint density at radius 2 is 1.65 bits per heavy atom. The van der Waals surface area contributed by atoms with Crippen molar-refractivity contribution >= 4 is 22.7 Å². The quantitative estimate of drug-likeness (QED) is 0.536. The number of benzene rings is 2. The van der Waals surface area contributed by atoms with Crippen LogP contribution >= 0.6 is 0 Å². The third-order valence-corrected chi connectivity index (χ3v) is 5.70.